The van der Waals surface area contributed by atoms with Crippen LogP contribution < -0.4 is 5.32 Å². The molecule has 0 saturated carbocycles. The van der Waals surface area contributed by atoms with Gasteiger partial charge < -0.3 is 14.8 Å². The average Bonchev–Trinajstić information content (AvgIpc) is 2.67. The third-order valence-corrected chi connectivity index (χ3v) is 3.16. The summed E-state index contributed by atoms with van der Waals surface area (Å²) in [5.41, 5.74) is 2.77. The second-order valence-electron chi connectivity index (χ2n) is 4.26. The number of aryl methyl sites for hydroxylation is 2. The molecule has 18 heavy (non-hydrogen) atoms. The van der Waals surface area contributed by atoms with Gasteiger partial charge in [0.05, 0.1) is 17.3 Å². The highest BCUT2D eigenvalue weighted by Crippen LogP contribution is 2.24. The van der Waals surface area contributed by atoms with Crippen molar-refractivity contribution in [2.24, 2.45) is 0 Å². The molecule has 0 radical (unpaired) electrons. The maximum Gasteiger partial charge on any atom is 0.106 e. The minimum atomic E-state index is 0.00962. The fourth-order valence-corrected chi connectivity index (χ4v) is 2.04. The molecule has 0 saturated heterocycles. The van der Waals surface area contributed by atoms with Crippen molar-refractivity contribution in [3.63, 3.8) is 0 Å². The average molecular weight is 266 g/mol. The molecular formula is C14H16ClNO2. The molecule has 0 bridgehead atoms. The number of halogens is 1. The lowest BCUT2D eigenvalue weighted by Crippen LogP contribution is -2.01. The molecule has 1 aromatic carbocycles. The summed E-state index contributed by atoms with van der Waals surface area (Å²) in [5, 5.41) is 13.0. The molecule has 0 aliphatic rings. The molecule has 0 atom stereocenters. The van der Waals surface area contributed by atoms with Crippen molar-refractivity contribution in [3.8, 4) is 0 Å². The van der Waals surface area contributed by atoms with Gasteiger partial charge in [-0.2, -0.15) is 0 Å². The molecule has 0 aliphatic carbocycles. The Labute approximate surface area is 111 Å². The van der Waals surface area contributed by atoms with Crippen LogP contribution in [0.3, 0.4) is 0 Å². The first-order valence-corrected chi connectivity index (χ1v) is 6.17. The predicted molar refractivity (Wildman–Crippen MR) is 72.9 cm³/mol. The number of hydrogen-bond acceptors (Lipinski definition) is 3. The third kappa shape index (κ3) is 2.86. The Balaban J connectivity index is 2.12. The van der Waals surface area contributed by atoms with Crippen LogP contribution in [0.15, 0.2) is 28.7 Å². The van der Waals surface area contributed by atoms with Gasteiger partial charge in [0.2, 0.25) is 0 Å². The van der Waals surface area contributed by atoms with Gasteiger partial charge in [0.15, 0.2) is 0 Å². The number of hydrogen-bond donors (Lipinski definition) is 2. The third-order valence-electron chi connectivity index (χ3n) is 2.83. The highest BCUT2D eigenvalue weighted by Gasteiger charge is 2.06. The van der Waals surface area contributed by atoms with E-state index in [-0.39, 0.29) is 6.61 Å². The summed E-state index contributed by atoms with van der Waals surface area (Å²) in [7, 11) is 0. The van der Waals surface area contributed by atoms with E-state index in [1.807, 2.05) is 26.0 Å². The zero-order valence-electron chi connectivity index (χ0n) is 10.5. The fraction of sp³-hybridized carbons (Fsp3) is 0.286. The molecule has 1 heterocycles. The van der Waals surface area contributed by atoms with E-state index in [2.05, 4.69) is 5.32 Å². The number of aliphatic hydroxyl groups excluding tert-OH is 1. The van der Waals surface area contributed by atoms with Crippen molar-refractivity contribution in [1.29, 1.82) is 0 Å². The van der Waals surface area contributed by atoms with Crippen LogP contribution in [0.2, 0.25) is 5.02 Å². The monoisotopic (exact) mass is 265 g/mol. The van der Waals surface area contributed by atoms with Gasteiger partial charge in [0.25, 0.3) is 0 Å². The Morgan fingerprint density at radius 3 is 2.67 bits per heavy atom. The summed E-state index contributed by atoms with van der Waals surface area (Å²) in [6.07, 6.45) is 0. The van der Waals surface area contributed by atoms with Crippen molar-refractivity contribution in [1.82, 2.24) is 0 Å². The fourth-order valence-electron chi connectivity index (χ4n) is 1.86. The zero-order chi connectivity index (χ0) is 13.1. The number of furan rings is 1. The maximum atomic E-state index is 9.10. The van der Waals surface area contributed by atoms with Gasteiger partial charge >= 0.3 is 0 Å². The van der Waals surface area contributed by atoms with Crippen molar-refractivity contribution in [3.05, 3.63) is 51.9 Å². The lowest BCUT2D eigenvalue weighted by atomic mass is 10.2. The van der Waals surface area contributed by atoms with Crippen LogP contribution in [0.4, 0.5) is 5.69 Å². The summed E-state index contributed by atoms with van der Waals surface area (Å²) in [6, 6.07) is 7.44. The Bertz CT molecular complexity index is 549. The predicted octanol–water partition coefficient (Wildman–Crippen LogP) is 3.65. The Morgan fingerprint density at radius 1 is 1.28 bits per heavy atom. The summed E-state index contributed by atoms with van der Waals surface area (Å²) in [4.78, 5) is 0. The van der Waals surface area contributed by atoms with E-state index in [0.29, 0.717) is 11.6 Å². The van der Waals surface area contributed by atoms with E-state index in [1.54, 1.807) is 12.1 Å². The van der Waals surface area contributed by atoms with Gasteiger partial charge in [-0.05, 0) is 37.6 Å². The maximum absolute atomic E-state index is 9.10. The molecule has 4 heteroatoms. The highest BCUT2D eigenvalue weighted by molar-refractivity contribution is 6.33. The summed E-state index contributed by atoms with van der Waals surface area (Å²) in [5.74, 6) is 1.81. The first kappa shape index (κ1) is 13.0. The SMILES string of the molecule is Cc1cc(CNc2cc(CO)ccc2Cl)c(C)o1. The second-order valence-corrected chi connectivity index (χ2v) is 4.67. The minimum Gasteiger partial charge on any atom is -0.466 e. The zero-order valence-corrected chi connectivity index (χ0v) is 11.2. The Morgan fingerprint density at radius 2 is 2.06 bits per heavy atom. The van der Waals surface area contributed by atoms with Gasteiger partial charge in [0.1, 0.15) is 11.5 Å². The quantitative estimate of drug-likeness (QED) is 0.887. The minimum absolute atomic E-state index is 0.00962. The van der Waals surface area contributed by atoms with Crippen LogP contribution >= 0.6 is 11.6 Å². The lowest BCUT2D eigenvalue weighted by Gasteiger charge is -2.09. The standard InChI is InChI=1S/C14H16ClNO2/c1-9-5-12(10(2)18-9)7-16-14-6-11(8-17)3-4-13(14)15/h3-6,16-17H,7-8H2,1-2H3. The van der Waals surface area contributed by atoms with Crippen LogP contribution in [0.25, 0.3) is 0 Å². The van der Waals surface area contributed by atoms with Gasteiger partial charge in [-0.3, -0.25) is 0 Å². The van der Waals surface area contributed by atoms with E-state index in [4.69, 9.17) is 21.1 Å². The number of aliphatic hydroxyl groups is 1. The topological polar surface area (TPSA) is 45.4 Å². The Hall–Kier alpha value is -1.45. The van der Waals surface area contributed by atoms with Crippen LogP contribution in [0.5, 0.6) is 0 Å². The van der Waals surface area contributed by atoms with Crippen molar-refractivity contribution >= 4 is 17.3 Å². The normalized spacial score (nSPS) is 10.7. The molecule has 0 fully saturated rings. The van der Waals surface area contributed by atoms with Crippen LogP contribution in [-0.4, -0.2) is 5.11 Å². The highest BCUT2D eigenvalue weighted by atomic mass is 35.5. The van der Waals surface area contributed by atoms with Crippen LogP contribution in [-0.2, 0) is 13.2 Å². The van der Waals surface area contributed by atoms with E-state index in [1.165, 1.54) is 0 Å². The molecule has 0 aliphatic heterocycles. The number of benzene rings is 1. The molecular weight excluding hydrogens is 250 g/mol. The van der Waals surface area contributed by atoms with Gasteiger partial charge in [-0.25, -0.2) is 0 Å². The number of rotatable bonds is 4. The molecule has 2 aromatic rings. The largest absolute Gasteiger partial charge is 0.466 e. The molecule has 2 N–H and O–H groups in total. The molecule has 0 spiro atoms. The molecule has 0 unspecified atom stereocenters. The van der Waals surface area contributed by atoms with Gasteiger partial charge in [-0.15, -0.1) is 0 Å². The lowest BCUT2D eigenvalue weighted by molar-refractivity contribution is 0.282. The van der Waals surface area contributed by atoms with Crippen LogP contribution in [0.1, 0.15) is 22.6 Å². The molecule has 2 rings (SSSR count). The van der Waals surface area contributed by atoms with Crippen molar-refractivity contribution in [2.45, 2.75) is 27.0 Å². The first-order chi connectivity index (χ1) is 8.60. The molecule has 96 valence electrons. The summed E-state index contributed by atoms with van der Waals surface area (Å²) < 4.78 is 5.47. The first-order valence-electron chi connectivity index (χ1n) is 5.79. The van der Waals surface area contributed by atoms with Gasteiger partial charge in [0, 0.05) is 12.1 Å². The summed E-state index contributed by atoms with van der Waals surface area (Å²) in [6.45, 7) is 4.53. The smallest absolute Gasteiger partial charge is 0.106 e. The van der Waals surface area contributed by atoms with Crippen LogP contribution in [0, 0.1) is 13.8 Å². The van der Waals surface area contributed by atoms with E-state index >= 15 is 0 Å². The van der Waals surface area contributed by atoms with Crippen molar-refractivity contribution in [2.75, 3.05) is 5.32 Å². The van der Waals surface area contributed by atoms with E-state index < -0.39 is 0 Å². The number of nitrogens with one attached hydrogen (secondary N) is 1. The van der Waals surface area contributed by atoms with E-state index in [0.717, 1.165) is 28.3 Å². The second kappa shape index (κ2) is 5.46. The molecule has 1 aromatic heterocycles. The van der Waals surface area contributed by atoms with Gasteiger partial charge in [-0.1, -0.05) is 17.7 Å². The number of anilines is 1. The molecule has 3 nitrogen and oxygen atoms in total. The molecule has 0 amide bonds. The summed E-state index contributed by atoms with van der Waals surface area (Å²) >= 11 is 6.10. The van der Waals surface area contributed by atoms with Crippen molar-refractivity contribution < 1.29 is 9.52 Å². The Kier molecular flexibility index (Phi) is 3.94. The van der Waals surface area contributed by atoms with E-state index in [9.17, 15) is 0 Å².